The van der Waals surface area contributed by atoms with Crippen LogP contribution in [0.4, 0.5) is 5.69 Å². The van der Waals surface area contributed by atoms with E-state index in [4.69, 9.17) is 34.8 Å². The Morgan fingerprint density at radius 3 is 2.39 bits per heavy atom. The van der Waals surface area contributed by atoms with Gasteiger partial charge in [-0.05, 0) is 36.4 Å². The Bertz CT molecular complexity index is 788. The Hall–Kier alpha value is -1.75. The minimum atomic E-state index is -0.411. The molecule has 1 aliphatic rings. The smallest absolute Gasteiger partial charge is 0.258 e. The number of carbonyl (C=O) groups is 1. The van der Waals surface area contributed by atoms with Crippen molar-refractivity contribution < 1.29 is 4.79 Å². The molecule has 3 rings (SSSR count). The first-order valence-electron chi connectivity index (χ1n) is 6.90. The number of anilines is 1. The molecule has 2 aromatic rings. The van der Waals surface area contributed by atoms with E-state index < -0.39 is 5.91 Å². The highest BCUT2D eigenvalue weighted by atomic mass is 35.5. The Morgan fingerprint density at radius 2 is 1.74 bits per heavy atom. The van der Waals surface area contributed by atoms with Crippen molar-refractivity contribution in [1.82, 2.24) is 5.32 Å². The fourth-order valence-electron chi connectivity index (χ4n) is 2.23. The molecule has 2 aromatic carbocycles. The molecule has 0 radical (unpaired) electrons. The van der Waals surface area contributed by atoms with Gasteiger partial charge in [0.05, 0.1) is 27.2 Å². The van der Waals surface area contributed by atoms with Gasteiger partial charge in [-0.2, -0.15) is 0 Å². The molecular weight excluding hydrogens is 357 g/mol. The lowest BCUT2D eigenvalue weighted by Crippen LogP contribution is -2.19. The normalized spacial score (nSPS) is 13.4. The summed E-state index contributed by atoms with van der Waals surface area (Å²) >= 11 is 18.1. The number of nitrogens with one attached hydrogen (secondary N) is 2. The van der Waals surface area contributed by atoms with Gasteiger partial charge in [-0.15, -0.1) is 0 Å². The van der Waals surface area contributed by atoms with Gasteiger partial charge in [0.15, 0.2) is 0 Å². The molecule has 118 valence electrons. The molecule has 0 bridgehead atoms. The van der Waals surface area contributed by atoms with Gasteiger partial charge in [0.2, 0.25) is 0 Å². The number of amidine groups is 1. The van der Waals surface area contributed by atoms with Gasteiger partial charge in [0.1, 0.15) is 5.84 Å². The van der Waals surface area contributed by atoms with Crippen molar-refractivity contribution in [3.63, 3.8) is 0 Å². The molecule has 0 unspecified atom stereocenters. The molecule has 1 aliphatic heterocycles. The van der Waals surface area contributed by atoms with Crippen molar-refractivity contribution in [2.45, 2.75) is 0 Å². The zero-order valence-corrected chi connectivity index (χ0v) is 14.1. The number of hydrogen-bond donors (Lipinski definition) is 2. The summed E-state index contributed by atoms with van der Waals surface area (Å²) in [6.07, 6.45) is 0. The van der Waals surface area contributed by atoms with Crippen molar-refractivity contribution in [2.24, 2.45) is 4.99 Å². The summed E-state index contributed by atoms with van der Waals surface area (Å²) in [6.45, 7) is 1.62. The number of hydrogen-bond acceptors (Lipinski definition) is 3. The summed E-state index contributed by atoms with van der Waals surface area (Å²) in [5.74, 6) is 0.454. The number of halogens is 3. The summed E-state index contributed by atoms with van der Waals surface area (Å²) in [7, 11) is 0. The Morgan fingerprint density at radius 1 is 1.04 bits per heavy atom. The predicted octanol–water partition coefficient (Wildman–Crippen LogP) is 4.25. The highest BCUT2D eigenvalue weighted by molar-refractivity contribution is 6.46. The van der Waals surface area contributed by atoms with Gasteiger partial charge in [-0.1, -0.05) is 34.8 Å². The molecule has 0 saturated heterocycles. The van der Waals surface area contributed by atoms with Crippen LogP contribution in [0.3, 0.4) is 0 Å². The molecular formula is C16H12Cl3N3O. The van der Waals surface area contributed by atoms with E-state index in [9.17, 15) is 4.79 Å². The summed E-state index contributed by atoms with van der Waals surface area (Å²) < 4.78 is 0. The molecule has 0 atom stereocenters. The van der Waals surface area contributed by atoms with Gasteiger partial charge in [0, 0.05) is 17.8 Å². The molecule has 7 heteroatoms. The first kappa shape index (κ1) is 16.1. The highest BCUT2D eigenvalue weighted by Crippen LogP contribution is 2.31. The van der Waals surface area contributed by atoms with Crippen molar-refractivity contribution in [3.8, 4) is 0 Å². The highest BCUT2D eigenvalue weighted by Gasteiger charge is 2.17. The predicted molar refractivity (Wildman–Crippen MR) is 95.3 cm³/mol. The fourth-order valence-corrected chi connectivity index (χ4v) is 2.93. The van der Waals surface area contributed by atoms with E-state index in [-0.39, 0.29) is 20.6 Å². The lowest BCUT2D eigenvalue weighted by molar-refractivity contribution is 0.102. The van der Waals surface area contributed by atoms with Crippen LogP contribution in [0, 0.1) is 0 Å². The first-order chi connectivity index (χ1) is 11.1. The Kier molecular flexibility index (Phi) is 4.76. The summed E-state index contributed by atoms with van der Waals surface area (Å²) in [5.41, 5.74) is 1.76. The standard InChI is InChI=1S/C16H12Cl3N3O/c17-11-5-6-12(18)14(19)13(11)16(23)22-10-3-1-9(2-4-10)15-20-7-8-21-15/h1-6H,7-8H2,(H,20,21)(H,22,23). The number of nitrogens with zero attached hydrogens (tertiary/aromatic N) is 1. The van der Waals surface area contributed by atoms with E-state index >= 15 is 0 Å². The van der Waals surface area contributed by atoms with Gasteiger partial charge in [-0.25, -0.2) is 0 Å². The van der Waals surface area contributed by atoms with Crippen LogP contribution in [0.2, 0.25) is 15.1 Å². The van der Waals surface area contributed by atoms with Gasteiger partial charge < -0.3 is 10.6 Å². The minimum Gasteiger partial charge on any atom is -0.368 e. The van der Waals surface area contributed by atoms with E-state index in [1.54, 1.807) is 18.2 Å². The van der Waals surface area contributed by atoms with Crippen LogP contribution in [-0.4, -0.2) is 24.8 Å². The molecule has 1 heterocycles. The van der Waals surface area contributed by atoms with E-state index in [2.05, 4.69) is 15.6 Å². The summed E-state index contributed by atoms with van der Waals surface area (Å²) in [5, 5.41) is 6.62. The quantitative estimate of drug-likeness (QED) is 0.796. The van der Waals surface area contributed by atoms with Gasteiger partial charge in [0.25, 0.3) is 5.91 Å². The van der Waals surface area contributed by atoms with E-state index in [0.717, 1.165) is 24.5 Å². The van der Waals surface area contributed by atoms with Gasteiger partial charge in [-0.3, -0.25) is 9.79 Å². The molecule has 0 saturated carbocycles. The third-order valence-corrected chi connectivity index (χ3v) is 4.48. The second kappa shape index (κ2) is 6.79. The monoisotopic (exact) mass is 367 g/mol. The van der Waals surface area contributed by atoms with Crippen molar-refractivity contribution in [3.05, 3.63) is 62.6 Å². The SMILES string of the molecule is O=C(Nc1ccc(C2=NCCN2)cc1)c1c(Cl)ccc(Cl)c1Cl. The maximum absolute atomic E-state index is 12.4. The van der Waals surface area contributed by atoms with E-state index in [1.165, 1.54) is 6.07 Å². The van der Waals surface area contributed by atoms with Crippen LogP contribution in [0.5, 0.6) is 0 Å². The van der Waals surface area contributed by atoms with Crippen LogP contribution < -0.4 is 10.6 Å². The summed E-state index contributed by atoms with van der Waals surface area (Å²) in [4.78, 5) is 16.7. The van der Waals surface area contributed by atoms with E-state index in [0.29, 0.717) is 5.69 Å². The molecule has 0 aliphatic carbocycles. The lowest BCUT2D eigenvalue weighted by atomic mass is 10.1. The third-order valence-electron chi connectivity index (χ3n) is 3.36. The topological polar surface area (TPSA) is 53.5 Å². The number of aliphatic imine (C=N–C) groups is 1. The lowest BCUT2D eigenvalue weighted by Gasteiger charge is -2.10. The second-order valence-corrected chi connectivity index (χ2v) is 6.10. The number of benzene rings is 2. The van der Waals surface area contributed by atoms with Crippen LogP contribution in [0.1, 0.15) is 15.9 Å². The van der Waals surface area contributed by atoms with Crippen LogP contribution in [0.15, 0.2) is 41.4 Å². The number of amides is 1. The molecule has 4 nitrogen and oxygen atoms in total. The maximum atomic E-state index is 12.4. The van der Waals surface area contributed by atoms with Crippen LogP contribution >= 0.6 is 34.8 Å². The molecule has 0 spiro atoms. The average Bonchev–Trinajstić information content (AvgIpc) is 3.06. The Balaban J connectivity index is 1.79. The average molecular weight is 369 g/mol. The summed E-state index contributed by atoms with van der Waals surface area (Å²) in [6, 6.07) is 10.4. The second-order valence-electron chi connectivity index (χ2n) is 4.91. The first-order valence-corrected chi connectivity index (χ1v) is 8.03. The molecule has 1 amide bonds. The third kappa shape index (κ3) is 3.44. The van der Waals surface area contributed by atoms with Crippen LogP contribution in [0.25, 0.3) is 0 Å². The Labute approximate surface area is 148 Å². The van der Waals surface area contributed by atoms with Crippen molar-refractivity contribution >= 4 is 52.2 Å². The maximum Gasteiger partial charge on any atom is 0.258 e. The molecule has 0 fully saturated rings. The van der Waals surface area contributed by atoms with Crippen molar-refractivity contribution in [1.29, 1.82) is 0 Å². The van der Waals surface area contributed by atoms with Gasteiger partial charge >= 0.3 is 0 Å². The molecule has 23 heavy (non-hydrogen) atoms. The molecule has 0 aromatic heterocycles. The fraction of sp³-hybridized carbons (Fsp3) is 0.125. The van der Waals surface area contributed by atoms with E-state index in [1.807, 2.05) is 12.1 Å². The number of rotatable bonds is 3. The zero-order valence-electron chi connectivity index (χ0n) is 11.9. The minimum absolute atomic E-state index is 0.137. The van der Waals surface area contributed by atoms with Crippen LogP contribution in [-0.2, 0) is 0 Å². The number of carbonyl (C=O) groups excluding carboxylic acids is 1. The zero-order chi connectivity index (χ0) is 16.4. The molecule has 2 N–H and O–H groups in total. The largest absolute Gasteiger partial charge is 0.368 e. The van der Waals surface area contributed by atoms with Crippen molar-refractivity contribution in [2.75, 3.05) is 18.4 Å².